The van der Waals surface area contributed by atoms with Gasteiger partial charge < -0.3 is 14.8 Å². The van der Waals surface area contributed by atoms with Gasteiger partial charge in [0.05, 0.1) is 12.2 Å². The summed E-state index contributed by atoms with van der Waals surface area (Å²) in [4.78, 5) is 0. The molecule has 0 heterocycles. The Hall–Kier alpha value is -1.22. The van der Waals surface area contributed by atoms with E-state index in [2.05, 4.69) is 36.5 Å². The average Bonchev–Trinajstić information content (AvgIpc) is 2.91. The van der Waals surface area contributed by atoms with Crippen molar-refractivity contribution >= 4 is 5.69 Å². The van der Waals surface area contributed by atoms with E-state index < -0.39 is 0 Å². The quantitative estimate of drug-likeness (QED) is 0.851. The molecule has 0 radical (unpaired) electrons. The summed E-state index contributed by atoms with van der Waals surface area (Å²) in [7, 11) is 0. The fraction of sp³-hybridized carbons (Fsp3) is 0.647. The fourth-order valence-electron chi connectivity index (χ4n) is 3.12. The summed E-state index contributed by atoms with van der Waals surface area (Å²) in [6.07, 6.45) is 8.18. The van der Waals surface area contributed by atoms with Gasteiger partial charge in [0, 0.05) is 18.3 Å². The van der Waals surface area contributed by atoms with Crippen molar-refractivity contribution in [3.8, 4) is 5.75 Å². The lowest BCUT2D eigenvalue weighted by atomic mass is 9.89. The van der Waals surface area contributed by atoms with Gasteiger partial charge in [0.15, 0.2) is 0 Å². The summed E-state index contributed by atoms with van der Waals surface area (Å²) >= 11 is 0. The Morgan fingerprint density at radius 3 is 2.40 bits per heavy atom. The topological polar surface area (TPSA) is 30.5 Å². The maximum Gasteiger partial charge on any atom is 0.119 e. The molecule has 0 unspecified atom stereocenters. The highest BCUT2D eigenvalue weighted by atomic mass is 16.5. The van der Waals surface area contributed by atoms with Gasteiger partial charge in [-0.2, -0.15) is 0 Å². The van der Waals surface area contributed by atoms with E-state index in [-0.39, 0.29) is 0 Å². The molecule has 0 atom stereocenters. The van der Waals surface area contributed by atoms with Crippen LogP contribution in [-0.2, 0) is 4.74 Å². The van der Waals surface area contributed by atoms with Crippen molar-refractivity contribution in [2.45, 2.75) is 63.7 Å². The highest BCUT2D eigenvalue weighted by Gasteiger charge is 2.29. The van der Waals surface area contributed by atoms with E-state index in [0.717, 1.165) is 25.2 Å². The SMILES string of the molecule is CCOC1CC(Nc2ccc(OC3CCCC3)cc2)C1. The smallest absolute Gasteiger partial charge is 0.119 e. The van der Waals surface area contributed by atoms with Crippen LogP contribution in [0, 0.1) is 0 Å². The third kappa shape index (κ3) is 3.45. The lowest BCUT2D eigenvalue weighted by Gasteiger charge is -2.36. The van der Waals surface area contributed by atoms with Crippen LogP contribution in [0.4, 0.5) is 5.69 Å². The van der Waals surface area contributed by atoms with Gasteiger partial charge in [-0.15, -0.1) is 0 Å². The molecule has 1 N–H and O–H groups in total. The Bertz CT molecular complexity index is 406. The first-order valence-corrected chi connectivity index (χ1v) is 7.98. The van der Waals surface area contributed by atoms with Crippen LogP contribution < -0.4 is 10.1 Å². The summed E-state index contributed by atoms with van der Waals surface area (Å²) in [6.45, 7) is 2.88. The zero-order chi connectivity index (χ0) is 13.8. The van der Waals surface area contributed by atoms with Gasteiger partial charge >= 0.3 is 0 Å². The minimum atomic E-state index is 0.437. The number of benzene rings is 1. The van der Waals surface area contributed by atoms with Gasteiger partial charge in [-0.25, -0.2) is 0 Å². The van der Waals surface area contributed by atoms with Gasteiger partial charge in [-0.05, 0) is 69.7 Å². The standard InChI is InChI=1S/C17H25NO2/c1-2-19-17-11-14(12-17)18-13-7-9-16(10-8-13)20-15-5-3-4-6-15/h7-10,14-15,17-18H,2-6,11-12H2,1H3. The molecule has 1 aromatic carbocycles. The lowest BCUT2D eigenvalue weighted by Crippen LogP contribution is -2.40. The van der Waals surface area contributed by atoms with E-state index in [1.807, 2.05) is 0 Å². The molecule has 2 aliphatic carbocycles. The van der Waals surface area contributed by atoms with Crippen molar-refractivity contribution in [2.75, 3.05) is 11.9 Å². The summed E-state index contributed by atoms with van der Waals surface area (Å²) in [5.74, 6) is 1.00. The summed E-state index contributed by atoms with van der Waals surface area (Å²) in [5.41, 5.74) is 1.18. The minimum Gasteiger partial charge on any atom is -0.490 e. The van der Waals surface area contributed by atoms with Gasteiger partial charge in [-0.1, -0.05) is 0 Å². The van der Waals surface area contributed by atoms with Gasteiger partial charge in [0.1, 0.15) is 5.75 Å². The molecule has 0 aliphatic heterocycles. The first-order valence-electron chi connectivity index (χ1n) is 7.98. The molecule has 0 bridgehead atoms. The molecule has 0 aromatic heterocycles. The second kappa shape index (κ2) is 6.49. The third-order valence-corrected chi connectivity index (χ3v) is 4.33. The average molecular weight is 275 g/mol. The predicted octanol–water partition coefficient (Wildman–Crippen LogP) is 3.99. The highest BCUT2D eigenvalue weighted by molar-refractivity contribution is 5.47. The lowest BCUT2D eigenvalue weighted by molar-refractivity contribution is 0.00299. The molecule has 0 spiro atoms. The van der Waals surface area contributed by atoms with Crippen LogP contribution in [0.15, 0.2) is 24.3 Å². The maximum atomic E-state index is 5.98. The number of hydrogen-bond donors (Lipinski definition) is 1. The van der Waals surface area contributed by atoms with Crippen LogP contribution >= 0.6 is 0 Å². The third-order valence-electron chi connectivity index (χ3n) is 4.33. The van der Waals surface area contributed by atoms with Crippen LogP contribution in [0.5, 0.6) is 5.75 Å². The normalized spacial score (nSPS) is 26.2. The Kier molecular flexibility index (Phi) is 4.46. The van der Waals surface area contributed by atoms with Crippen molar-refractivity contribution in [3.05, 3.63) is 24.3 Å². The largest absolute Gasteiger partial charge is 0.490 e. The fourth-order valence-corrected chi connectivity index (χ4v) is 3.12. The Balaban J connectivity index is 1.44. The molecule has 2 aliphatic rings. The predicted molar refractivity (Wildman–Crippen MR) is 81.4 cm³/mol. The van der Waals surface area contributed by atoms with Crippen LogP contribution in [-0.4, -0.2) is 24.9 Å². The van der Waals surface area contributed by atoms with Crippen LogP contribution in [0.25, 0.3) is 0 Å². The first kappa shape index (κ1) is 13.7. The number of rotatable bonds is 6. The van der Waals surface area contributed by atoms with Crippen molar-refractivity contribution in [1.29, 1.82) is 0 Å². The minimum absolute atomic E-state index is 0.437. The van der Waals surface area contributed by atoms with Gasteiger partial charge in [0.25, 0.3) is 0 Å². The number of hydrogen-bond acceptors (Lipinski definition) is 3. The zero-order valence-electron chi connectivity index (χ0n) is 12.3. The van der Waals surface area contributed by atoms with Crippen LogP contribution in [0.2, 0.25) is 0 Å². The Morgan fingerprint density at radius 2 is 1.75 bits per heavy atom. The molecule has 2 fully saturated rings. The first-order chi connectivity index (χ1) is 9.83. The van der Waals surface area contributed by atoms with Crippen LogP contribution in [0.1, 0.15) is 45.4 Å². The molecular weight excluding hydrogens is 250 g/mol. The van der Waals surface area contributed by atoms with Gasteiger partial charge in [-0.3, -0.25) is 0 Å². The second-order valence-corrected chi connectivity index (χ2v) is 5.94. The van der Waals surface area contributed by atoms with Crippen molar-refractivity contribution < 1.29 is 9.47 Å². The molecule has 0 saturated heterocycles. The van der Waals surface area contributed by atoms with Gasteiger partial charge in [0.2, 0.25) is 0 Å². The molecule has 2 saturated carbocycles. The van der Waals surface area contributed by atoms with Crippen LogP contribution in [0.3, 0.4) is 0 Å². The summed E-state index contributed by atoms with van der Waals surface area (Å²) in [5, 5.41) is 3.55. The van der Waals surface area contributed by atoms with Crippen molar-refractivity contribution in [1.82, 2.24) is 0 Å². The molecule has 1 aromatic rings. The number of ether oxygens (including phenoxy) is 2. The number of nitrogens with one attached hydrogen (secondary N) is 1. The monoisotopic (exact) mass is 275 g/mol. The van der Waals surface area contributed by atoms with E-state index in [4.69, 9.17) is 9.47 Å². The van der Waals surface area contributed by atoms with E-state index in [9.17, 15) is 0 Å². The molecule has 3 nitrogen and oxygen atoms in total. The molecule has 20 heavy (non-hydrogen) atoms. The number of anilines is 1. The summed E-state index contributed by atoms with van der Waals surface area (Å²) in [6, 6.07) is 8.98. The maximum absolute atomic E-state index is 5.98. The highest BCUT2D eigenvalue weighted by Crippen LogP contribution is 2.28. The molecule has 0 amide bonds. The molecule has 110 valence electrons. The molecule has 3 heteroatoms. The summed E-state index contributed by atoms with van der Waals surface area (Å²) < 4.78 is 11.6. The molecular formula is C17H25NO2. The zero-order valence-corrected chi connectivity index (χ0v) is 12.3. The van der Waals surface area contributed by atoms with Crippen molar-refractivity contribution in [2.24, 2.45) is 0 Å². The Morgan fingerprint density at radius 1 is 1.05 bits per heavy atom. The Labute approximate surface area is 121 Å². The van der Waals surface area contributed by atoms with E-state index in [1.165, 1.54) is 31.4 Å². The van der Waals surface area contributed by atoms with E-state index >= 15 is 0 Å². The molecule has 3 rings (SSSR count). The second-order valence-electron chi connectivity index (χ2n) is 5.94. The van der Waals surface area contributed by atoms with E-state index in [1.54, 1.807) is 0 Å². The van der Waals surface area contributed by atoms with E-state index in [0.29, 0.717) is 18.2 Å². The van der Waals surface area contributed by atoms with Crippen molar-refractivity contribution in [3.63, 3.8) is 0 Å².